The van der Waals surface area contributed by atoms with Crippen LogP contribution in [0.1, 0.15) is 41.0 Å². The van der Waals surface area contributed by atoms with E-state index in [1.165, 1.54) is 0 Å². The Morgan fingerprint density at radius 3 is 2.43 bits per heavy atom. The lowest BCUT2D eigenvalue weighted by Crippen LogP contribution is -2.31. The standard InChI is InChI=1S/C22H24BrN3O3.ClH/c1-12-8-13(2)19(14(3)9-12)20-17(27)10-15(21(20)28)6-7-24-22(29)26-18-5-4-16(23)11-25-18;/h4-5,8-9,11,15,20H,6-7,10H2,1-3H3,(H2,24,25,26,29);1H. The number of carbonyl (C=O) groups is 3. The van der Waals surface area contributed by atoms with Crippen LogP contribution in [-0.4, -0.2) is 29.1 Å². The van der Waals surface area contributed by atoms with Gasteiger partial charge in [0.15, 0.2) is 5.78 Å². The number of aryl methyl sites for hydroxylation is 3. The van der Waals surface area contributed by atoms with Gasteiger partial charge in [-0.1, -0.05) is 17.7 Å². The highest BCUT2D eigenvalue weighted by molar-refractivity contribution is 9.10. The number of amides is 2. The van der Waals surface area contributed by atoms with E-state index in [1.807, 2.05) is 32.9 Å². The summed E-state index contributed by atoms with van der Waals surface area (Å²) in [4.78, 5) is 41.6. The zero-order valence-corrected chi connectivity index (χ0v) is 19.5. The van der Waals surface area contributed by atoms with Crippen molar-refractivity contribution in [2.24, 2.45) is 5.92 Å². The van der Waals surface area contributed by atoms with Crippen LogP contribution in [0.3, 0.4) is 0 Å². The number of halogens is 2. The fourth-order valence-corrected chi connectivity index (χ4v) is 4.25. The third kappa shape index (κ3) is 5.46. The molecule has 8 heteroatoms. The van der Waals surface area contributed by atoms with Crippen LogP contribution < -0.4 is 10.6 Å². The number of anilines is 1. The molecule has 2 atom stereocenters. The maximum absolute atomic E-state index is 12.9. The number of nitrogens with one attached hydrogen (secondary N) is 2. The third-order valence-electron chi connectivity index (χ3n) is 5.23. The number of urea groups is 1. The van der Waals surface area contributed by atoms with Gasteiger partial charge in [0.2, 0.25) is 0 Å². The van der Waals surface area contributed by atoms with Crippen molar-refractivity contribution in [1.29, 1.82) is 0 Å². The van der Waals surface area contributed by atoms with Crippen LogP contribution in [0.2, 0.25) is 0 Å². The van der Waals surface area contributed by atoms with Crippen molar-refractivity contribution < 1.29 is 14.4 Å². The van der Waals surface area contributed by atoms with Crippen molar-refractivity contribution in [3.8, 4) is 0 Å². The van der Waals surface area contributed by atoms with Crippen LogP contribution >= 0.6 is 28.3 Å². The number of ketones is 2. The molecule has 160 valence electrons. The third-order valence-corrected chi connectivity index (χ3v) is 5.70. The van der Waals surface area contributed by atoms with Crippen molar-refractivity contribution in [3.63, 3.8) is 0 Å². The molecular weight excluding hydrogens is 470 g/mol. The van der Waals surface area contributed by atoms with Gasteiger partial charge in [-0.15, -0.1) is 12.4 Å². The van der Waals surface area contributed by atoms with E-state index < -0.39 is 11.9 Å². The van der Waals surface area contributed by atoms with E-state index >= 15 is 0 Å². The number of rotatable bonds is 5. The summed E-state index contributed by atoms with van der Waals surface area (Å²) < 4.78 is 0.821. The van der Waals surface area contributed by atoms with Gasteiger partial charge < -0.3 is 5.32 Å². The van der Waals surface area contributed by atoms with E-state index in [0.717, 1.165) is 26.7 Å². The minimum atomic E-state index is -0.679. The average Bonchev–Trinajstić information content (AvgIpc) is 2.91. The summed E-state index contributed by atoms with van der Waals surface area (Å²) in [5, 5.41) is 5.36. The second-order valence-corrected chi connectivity index (χ2v) is 8.46. The van der Waals surface area contributed by atoms with Crippen molar-refractivity contribution in [2.75, 3.05) is 11.9 Å². The Bertz CT molecular complexity index is 940. The van der Waals surface area contributed by atoms with Crippen molar-refractivity contribution in [1.82, 2.24) is 10.3 Å². The van der Waals surface area contributed by atoms with Crippen LogP contribution in [0.25, 0.3) is 0 Å². The zero-order valence-electron chi connectivity index (χ0n) is 17.1. The molecule has 30 heavy (non-hydrogen) atoms. The van der Waals surface area contributed by atoms with Gasteiger partial charge in [-0.25, -0.2) is 9.78 Å². The Balaban J connectivity index is 0.00000320. The average molecular weight is 495 g/mol. The predicted molar refractivity (Wildman–Crippen MR) is 122 cm³/mol. The molecule has 1 saturated carbocycles. The van der Waals surface area contributed by atoms with Gasteiger partial charge in [-0.2, -0.15) is 0 Å². The van der Waals surface area contributed by atoms with Crippen LogP contribution in [-0.2, 0) is 9.59 Å². The smallest absolute Gasteiger partial charge is 0.320 e. The largest absolute Gasteiger partial charge is 0.338 e. The van der Waals surface area contributed by atoms with Crippen LogP contribution in [0.15, 0.2) is 34.9 Å². The summed E-state index contributed by atoms with van der Waals surface area (Å²) in [7, 11) is 0. The highest BCUT2D eigenvalue weighted by Gasteiger charge is 2.42. The first-order chi connectivity index (χ1) is 13.8. The molecule has 1 aliphatic rings. The topological polar surface area (TPSA) is 88.2 Å². The normalized spacial score (nSPS) is 18.1. The lowest BCUT2D eigenvalue weighted by atomic mass is 9.86. The highest BCUT2D eigenvalue weighted by atomic mass is 79.9. The van der Waals surface area contributed by atoms with Gasteiger partial charge in [-0.3, -0.25) is 14.9 Å². The molecule has 2 amide bonds. The van der Waals surface area contributed by atoms with E-state index in [9.17, 15) is 14.4 Å². The Hall–Kier alpha value is -2.25. The summed E-state index contributed by atoms with van der Waals surface area (Å²) in [6, 6.07) is 7.09. The molecule has 0 saturated heterocycles. The SMILES string of the molecule is Cc1cc(C)c(C2C(=O)CC(CCNC(=O)Nc3ccc(Br)cn3)C2=O)c(C)c1.Cl. The molecule has 1 aromatic carbocycles. The van der Waals surface area contributed by atoms with Crippen LogP contribution in [0.4, 0.5) is 10.6 Å². The minimum absolute atomic E-state index is 0. The zero-order chi connectivity index (χ0) is 21.1. The molecule has 2 aromatic rings. The number of carbonyl (C=O) groups excluding carboxylic acids is 3. The second-order valence-electron chi connectivity index (χ2n) is 7.55. The Morgan fingerprint density at radius 1 is 1.17 bits per heavy atom. The lowest BCUT2D eigenvalue weighted by Gasteiger charge is -2.16. The molecule has 2 unspecified atom stereocenters. The highest BCUT2D eigenvalue weighted by Crippen LogP contribution is 2.37. The number of pyridine rings is 1. The van der Waals surface area contributed by atoms with Gasteiger partial charge >= 0.3 is 6.03 Å². The predicted octanol–water partition coefficient (Wildman–Crippen LogP) is 4.64. The molecule has 1 aromatic heterocycles. The van der Waals surface area contributed by atoms with Gasteiger partial charge in [0.1, 0.15) is 17.5 Å². The number of hydrogen-bond acceptors (Lipinski definition) is 4. The van der Waals surface area contributed by atoms with Crippen LogP contribution in [0.5, 0.6) is 0 Å². The van der Waals surface area contributed by atoms with Gasteiger partial charge in [0, 0.05) is 29.6 Å². The number of hydrogen-bond donors (Lipinski definition) is 2. The molecule has 6 nitrogen and oxygen atoms in total. The number of benzene rings is 1. The number of Topliss-reactive ketones (excluding diaryl/α,β-unsaturated/α-hetero) is 2. The van der Waals surface area contributed by atoms with E-state index in [2.05, 4.69) is 31.5 Å². The first-order valence-corrected chi connectivity index (χ1v) is 10.4. The second kappa shape index (κ2) is 10.2. The lowest BCUT2D eigenvalue weighted by molar-refractivity contribution is -0.124. The van der Waals surface area contributed by atoms with Gasteiger partial charge in [0.05, 0.1) is 0 Å². The molecule has 1 fully saturated rings. The molecule has 3 rings (SSSR count). The molecule has 2 N–H and O–H groups in total. The van der Waals surface area contributed by atoms with E-state index in [-0.39, 0.29) is 36.3 Å². The van der Waals surface area contributed by atoms with Crippen molar-refractivity contribution in [2.45, 2.75) is 39.5 Å². The fraction of sp³-hybridized carbons (Fsp3) is 0.364. The Kier molecular flexibility index (Phi) is 8.15. The molecule has 1 aliphatic carbocycles. The van der Waals surface area contributed by atoms with Crippen molar-refractivity contribution in [3.05, 3.63) is 57.2 Å². The molecule has 1 heterocycles. The molecular formula is C22H25BrClN3O3. The quantitative estimate of drug-likeness (QED) is 0.593. The van der Waals surface area contributed by atoms with Gasteiger partial charge in [0.25, 0.3) is 0 Å². The van der Waals surface area contributed by atoms with E-state index in [4.69, 9.17) is 0 Å². The molecule has 0 bridgehead atoms. The Morgan fingerprint density at radius 2 is 1.83 bits per heavy atom. The monoisotopic (exact) mass is 493 g/mol. The first-order valence-electron chi connectivity index (χ1n) is 9.57. The minimum Gasteiger partial charge on any atom is -0.338 e. The van der Waals surface area contributed by atoms with E-state index in [1.54, 1.807) is 18.3 Å². The summed E-state index contributed by atoms with van der Waals surface area (Å²) in [5.74, 6) is -0.677. The summed E-state index contributed by atoms with van der Waals surface area (Å²) in [6.07, 6.45) is 2.26. The molecule has 0 spiro atoms. The summed E-state index contributed by atoms with van der Waals surface area (Å²) >= 11 is 3.29. The van der Waals surface area contributed by atoms with E-state index in [0.29, 0.717) is 18.8 Å². The maximum atomic E-state index is 12.9. The number of nitrogens with zero attached hydrogens (tertiary/aromatic N) is 1. The molecule has 0 radical (unpaired) electrons. The fourth-order valence-electron chi connectivity index (χ4n) is 4.02. The number of aromatic nitrogens is 1. The van der Waals surface area contributed by atoms with Crippen molar-refractivity contribution >= 4 is 51.8 Å². The summed E-state index contributed by atoms with van der Waals surface area (Å²) in [6.45, 7) is 6.21. The first kappa shape index (κ1) is 24.0. The van der Waals surface area contributed by atoms with Crippen LogP contribution in [0, 0.1) is 26.7 Å². The van der Waals surface area contributed by atoms with Gasteiger partial charge in [-0.05, 0) is 71.9 Å². The molecule has 0 aliphatic heterocycles. The Labute approximate surface area is 190 Å². The summed E-state index contributed by atoms with van der Waals surface area (Å²) in [5.41, 5.74) is 3.93. The maximum Gasteiger partial charge on any atom is 0.320 e.